The summed E-state index contributed by atoms with van der Waals surface area (Å²) >= 11 is 5.89. The first-order valence-electron chi connectivity index (χ1n) is 4.69. The third kappa shape index (κ3) is 2.53. The normalized spacial score (nSPS) is 12.7. The fourth-order valence-corrected chi connectivity index (χ4v) is 1.33. The van der Waals surface area contributed by atoms with Gasteiger partial charge >= 0.3 is 0 Å². The monoisotopic (exact) mass is 222 g/mol. The predicted molar refractivity (Wildman–Crippen MR) is 57.6 cm³/mol. The minimum absolute atomic E-state index is 0.109. The van der Waals surface area contributed by atoms with Crippen LogP contribution in [0.4, 0.5) is 0 Å². The third-order valence-corrected chi connectivity index (χ3v) is 2.24. The molecule has 1 unspecified atom stereocenters. The summed E-state index contributed by atoms with van der Waals surface area (Å²) in [5, 5.41) is 7.83. The summed E-state index contributed by atoms with van der Waals surface area (Å²) in [6, 6.07) is 5.78. The Kier molecular flexibility index (Phi) is 2.97. The van der Waals surface area contributed by atoms with Crippen LogP contribution in [0.3, 0.4) is 0 Å². The molecule has 0 fully saturated rings. The van der Waals surface area contributed by atoms with Crippen molar-refractivity contribution < 1.29 is 0 Å². The molecule has 0 N–H and O–H groups in total. The summed E-state index contributed by atoms with van der Waals surface area (Å²) < 4.78 is 1.73. The van der Waals surface area contributed by atoms with Gasteiger partial charge in [0.05, 0.1) is 23.8 Å². The average molecular weight is 223 g/mol. The third-order valence-electron chi connectivity index (χ3n) is 2.01. The number of hydrogen-bond acceptors (Lipinski definition) is 3. The van der Waals surface area contributed by atoms with Gasteiger partial charge in [-0.3, -0.25) is 4.98 Å². The second-order valence-electron chi connectivity index (χ2n) is 3.28. The highest BCUT2D eigenvalue weighted by Gasteiger charge is 2.06. The number of pyridine rings is 1. The van der Waals surface area contributed by atoms with Gasteiger partial charge in [-0.05, 0) is 19.1 Å². The summed E-state index contributed by atoms with van der Waals surface area (Å²) in [7, 11) is 0. The average Bonchev–Trinajstić information content (AvgIpc) is 2.68. The van der Waals surface area contributed by atoms with Gasteiger partial charge in [0.15, 0.2) is 0 Å². The van der Waals surface area contributed by atoms with Crippen LogP contribution >= 0.6 is 11.6 Å². The lowest BCUT2D eigenvalue weighted by atomic mass is 10.3. The van der Waals surface area contributed by atoms with Gasteiger partial charge in [0.25, 0.3) is 0 Å². The van der Waals surface area contributed by atoms with Crippen molar-refractivity contribution >= 4 is 11.6 Å². The van der Waals surface area contributed by atoms with E-state index in [2.05, 4.69) is 15.3 Å². The lowest BCUT2D eigenvalue weighted by Gasteiger charge is -1.98. The Bertz CT molecular complexity index is 424. The largest absolute Gasteiger partial charge is 0.259 e. The number of aromatic nitrogens is 4. The summed E-state index contributed by atoms with van der Waals surface area (Å²) in [5.41, 5.74) is 1.74. The maximum atomic E-state index is 5.89. The Morgan fingerprint density at radius 1 is 1.47 bits per heavy atom. The van der Waals surface area contributed by atoms with Gasteiger partial charge in [0, 0.05) is 6.20 Å². The van der Waals surface area contributed by atoms with Gasteiger partial charge in [-0.25, -0.2) is 4.68 Å². The first kappa shape index (κ1) is 10.1. The lowest BCUT2D eigenvalue weighted by Crippen LogP contribution is -2.01. The van der Waals surface area contributed by atoms with Crippen LogP contribution in [0.15, 0.2) is 30.6 Å². The van der Waals surface area contributed by atoms with Gasteiger partial charge in [0.2, 0.25) is 0 Å². The van der Waals surface area contributed by atoms with Crippen LogP contribution in [0.5, 0.6) is 0 Å². The smallest absolute Gasteiger partial charge is 0.100 e. The van der Waals surface area contributed by atoms with Gasteiger partial charge in [-0.15, -0.1) is 16.7 Å². The van der Waals surface area contributed by atoms with Crippen LogP contribution in [-0.4, -0.2) is 20.0 Å². The number of rotatable bonds is 3. The van der Waals surface area contributed by atoms with Gasteiger partial charge in [0.1, 0.15) is 5.69 Å². The van der Waals surface area contributed by atoms with E-state index in [9.17, 15) is 0 Å². The Balaban J connectivity index is 2.12. The molecule has 15 heavy (non-hydrogen) atoms. The molecule has 2 aromatic rings. The van der Waals surface area contributed by atoms with Crippen molar-refractivity contribution in [3.8, 4) is 0 Å². The van der Waals surface area contributed by atoms with Crippen molar-refractivity contribution in [3.05, 3.63) is 42.0 Å². The molecule has 5 heteroatoms. The van der Waals surface area contributed by atoms with Crippen LogP contribution in [-0.2, 0) is 6.54 Å². The second-order valence-corrected chi connectivity index (χ2v) is 3.93. The molecular weight excluding hydrogens is 212 g/mol. The molecule has 0 aliphatic heterocycles. The van der Waals surface area contributed by atoms with E-state index in [0.29, 0.717) is 6.54 Å². The molecule has 0 spiro atoms. The van der Waals surface area contributed by atoms with Crippen molar-refractivity contribution in [1.29, 1.82) is 0 Å². The number of nitrogens with zero attached hydrogens (tertiary/aromatic N) is 4. The van der Waals surface area contributed by atoms with Crippen molar-refractivity contribution in [2.75, 3.05) is 0 Å². The van der Waals surface area contributed by atoms with Crippen LogP contribution < -0.4 is 0 Å². The van der Waals surface area contributed by atoms with E-state index in [-0.39, 0.29) is 5.38 Å². The van der Waals surface area contributed by atoms with E-state index in [1.54, 1.807) is 10.9 Å². The minimum Gasteiger partial charge on any atom is -0.259 e. The molecule has 2 heterocycles. The highest BCUT2D eigenvalue weighted by molar-refractivity contribution is 6.20. The lowest BCUT2D eigenvalue weighted by molar-refractivity contribution is 0.638. The Labute approximate surface area is 92.9 Å². The zero-order chi connectivity index (χ0) is 10.7. The van der Waals surface area contributed by atoms with Crippen LogP contribution in [0.25, 0.3) is 0 Å². The SMILES string of the molecule is CC(Cl)c1cn(Cc2ccccn2)nn1. The van der Waals surface area contributed by atoms with Crippen LogP contribution in [0.2, 0.25) is 0 Å². The molecule has 0 aliphatic rings. The molecule has 78 valence electrons. The maximum Gasteiger partial charge on any atom is 0.100 e. The van der Waals surface area contributed by atoms with E-state index >= 15 is 0 Å². The molecule has 0 amide bonds. The zero-order valence-electron chi connectivity index (χ0n) is 8.34. The molecule has 0 radical (unpaired) electrons. The van der Waals surface area contributed by atoms with Crippen molar-refractivity contribution in [1.82, 2.24) is 20.0 Å². The van der Waals surface area contributed by atoms with Gasteiger partial charge in [-0.1, -0.05) is 11.3 Å². The van der Waals surface area contributed by atoms with E-state index in [0.717, 1.165) is 11.4 Å². The fourth-order valence-electron chi connectivity index (χ4n) is 1.23. The molecule has 0 saturated heterocycles. The Morgan fingerprint density at radius 2 is 2.33 bits per heavy atom. The topological polar surface area (TPSA) is 43.6 Å². The molecule has 0 aliphatic carbocycles. The zero-order valence-corrected chi connectivity index (χ0v) is 9.09. The molecule has 1 atom stereocenters. The highest BCUT2D eigenvalue weighted by atomic mass is 35.5. The first-order valence-corrected chi connectivity index (χ1v) is 5.13. The second kappa shape index (κ2) is 4.40. The number of hydrogen-bond donors (Lipinski definition) is 0. The van der Waals surface area contributed by atoms with Gasteiger partial charge < -0.3 is 0 Å². The predicted octanol–water partition coefficient (Wildman–Crippen LogP) is 2.02. The van der Waals surface area contributed by atoms with Crippen molar-refractivity contribution in [2.24, 2.45) is 0 Å². The molecular formula is C10H11ClN4. The molecule has 4 nitrogen and oxygen atoms in total. The number of halogens is 1. The minimum atomic E-state index is -0.109. The standard InChI is InChI=1S/C10H11ClN4/c1-8(11)10-7-15(14-13-10)6-9-4-2-3-5-12-9/h2-5,7-8H,6H2,1H3. The van der Waals surface area contributed by atoms with Crippen molar-refractivity contribution in [3.63, 3.8) is 0 Å². The van der Waals surface area contributed by atoms with E-state index in [1.807, 2.05) is 31.3 Å². The molecule has 0 saturated carbocycles. The van der Waals surface area contributed by atoms with E-state index in [4.69, 9.17) is 11.6 Å². The van der Waals surface area contributed by atoms with E-state index < -0.39 is 0 Å². The van der Waals surface area contributed by atoms with Crippen LogP contribution in [0.1, 0.15) is 23.7 Å². The van der Waals surface area contributed by atoms with Crippen molar-refractivity contribution in [2.45, 2.75) is 18.8 Å². The Morgan fingerprint density at radius 3 is 2.93 bits per heavy atom. The molecule has 2 aromatic heterocycles. The highest BCUT2D eigenvalue weighted by Crippen LogP contribution is 2.15. The van der Waals surface area contributed by atoms with Gasteiger partial charge in [-0.2, -0.15) is 0 Å². The summed E-state index contributed by atoms with van der Waals surface area (Å²) in [6.07, 6.45) is 3.60. The molecule has 0 aromatic carbocycles. The quantitative estimate of drug-likeness (QED) is 0.747. The van der Waals surface area contributed by atoms with E-state index in [1.165, 1.54) is 0 Å². The first-order chi connectivity index (χ1) is 7.25. The summed E-state index contributed by atoms with van der Waals surface area (Å²) in [4.78, 5) is 4.21. The Hall–Kier alpha value is -1.42. The maximum absolute atomic E-state index is 5.89. The fraction of sp³-hybridized carbons (Fsp3) is 0.300. The number of alkyl halides is 1. The van der Waals surface area contributed by atoms with Crippen LogP contribution in [0, 0.1) is 0 Å². The summed E-state index contributed by atoms with van der Waals surface area (Å²) in [6.45, 7) is 2.49. The molecule has 0 bridgehead atoms. The summed E-state index contributed by atoms with van der Waals surface area (Å²) in [5.74, 6) is 0. The molecule has 2 rings (SSSR count).